The molecule has 31 heavy (non-hydrogen) atoms. The largest absolute Gasteiger partial charge is 0.365 e. The predicted octanol–water partition coefficient (Wildman–Crippen LogP) is 4.71. The van der Waals surface area contributed by atoms with Crippen LogP contribution in [0, 0.1) is 0 Å². The molecule has 7 heteroatoms. The van der Waals surface area contributed by atoms with Crippen LogP contribution in [0.1, 0.15) is 31.9 Å². The Balaban J connectivity index is 1.51. The van der Waals surface area contributed by atoms with Gasteiger partial charge in [-0.05, 0) is 35.3 Å². The van der Waals surface area contributed by atoms with Gasteiger partial charge in [0.05, 0.1) is 5.56 Å². The van der Waals surface area contributed by atoms with E-state index in [2.05, 4.69) is 22.3 Å². The first-order chi connectivity index (χ1) is 15.0. The van der Waals surface area contributed by atoms with Crippen molar-refractivity contribution < 1.29 is 9.59 Å². The lowest BCUT2D eigenvalue weighted by Crippen LogP contribution is -2.30. The fraction of sp³-hybridized carbons (Fsp3) is 0.167. The number of hydrogen-bond acceptors (Lipinski definition) is 4. The van der Waals surface area contributed by atoms with E-state index < -0.39 is 5.91 Å². The van der Waals surface area contributed by atoms with Crippen molar-refractivity contribution in [2.75, 3.05) is 11.9 Å². The zero-order chi connectivity index (χ0) is 21.8. The number of benzene rings is 2. The topological polar surface area (TPSA) is 75.4 Å². The van der Waals surface area contributed by atoms with Gasteiger partial charge in [0.25, 0.3) is 5.91 Å². The summed E-state index contributed by atoms with van der Waals surface area (Å²) in [4.78, 5) is 28.1. The molecule has 158 valence electrons. The lowest BCUT2D eigenvalue weighted by Gasteiger charge is -2.27. The van der Waals surface area contributed by atoms with Gasteiger partial charge in [-0.25, -0.2) is 0 Å². The highest BCUT2D eigenvalue weighted by Gasteiger charge is 2.27. The van der Waals surface area contributed by atoms with Crippen molar-refractivity contribution in [1.82, 2.24) is 4.90 Å². The van der Waals surface area contributed by atoms with Crippen molar-refractivity contribution in [2.45, 2.75) is 19.5 Å². The van der Waals surface area contributed by atoms with Crippen LogP contribution < -0.4 is 11.1 Å². The number of hydrogen-bond donors (Lipinski definition) is 2. The zero-order valence-electron chi connectivity index (χ0n) is 16.8. The summed E-state index contributed by atoms with van der Waals surface area (Å²) < 4.78 is 0. The van der Waals surface area contributed by atoms with Crippen molar-refractivity contribution in [3.8, 4) is 0 Å². The van der Waals surface area contributed by atoms with Gasteiger partial charge in [-0.2, -0.15) is 0 Å². The highest BCUT2D eigenvalue weighted by molar-refractivity contribution is 7.17. The molecule has 3 aromatic rings. The number of anilines is 1. The number of amides is 2. The Labute approximate surface area is 190 Å². The molecule has 2 amide bonds. The molecular formula is C24H22ClN3O2S. The van der Waals surface area contributed by atoms with Gasteiger partial charge in [-0.3, -0.25) is 14.5 Å². The van der Waals surface area contributed by atoms with E-state index >= 15 is 0 Å². The quantitative estimate of drug-likeness (QED) is 0.533. The second-order valence-electron chi connectivity index (χ2n) is 7.36. The SMILES string of the molecule is NC(=O)c1c(NC(=O)/C=C\c2ccccc2Cl)sc2c1CCN(Cc1ccccc1)C2. The first-order valence-corrected chi connectivity index (χ1v) is 11.1. The molecule has 0 aliphatic carbocycles. The van der Waals surface area contributed by atoms with E-state index in [0.717, 1.165) is 42.1 Å². The smallest absolute Gasteiger partial charge is 0.251 e. The van der Waals surface area contributed by atoms with Crippen molar-refractivity contribution >= 4 is 45.8 Å². The fourth-order valence-electron chi connectivity index (χ4n) is 3.71. The monoisotopic (exact) mass is 451 g/mol. The number of carbonyl (C=O) groups is 2. The Hall–Kier alpha value is -2.93. The van der Waals surface area contributed by atoms with Crippen LogP contribution in [0.3, 0.4) is 0 Å². The lowest BCUT2D eigenvalue weighted by molar-refractivity contribution is -0.111. The zero-order valence-corrected chi connectivity index (χ0v) is 18.4. The molecule has 1 aliphatic heterocycles. The van der Waals surface area contributed by atoms with Gasteiger partial charge in [-0.15, -0.1) is 11.3 Å². The van der Waals surface area contributed by atoms with Crippen LogP contribution >= 0.6 is 22.9 Å². The third-order valence-corrected chi connectivity index (χ3v) is 6.66. The minimum absolute atomic E-state index is 0.331. The van der Waals surface area contributed by atoms with Gasteiger partial charge in [0.2, 0.25) is 5.91 Å². The van der Waals surface area contributed by atoms with E-state index in [0.29, 0.717) is 15.6 Å². The normalized spacial score (nSPS) is 13.8. The van der Waals surface area contributed by atoms with Crippen molar-refractivity contribution in [3.05, 3.63) is 92.8 Å². The van der Waals surface area contributed by atoms with Gasteiger partial charge < -0.3 is 11.1 Å². The number of thiophene rings is 1. The maximum absolute atomic E-state index is 12.5. The van der Waals surface area contributed by atoms with Crippen molar-refractivity contribution in [1.29, 1.82) is 0 Å². The molecule has 1 aromatic heterocycles. The molecule has 2 heterocycles. The molecule has 5 nitrogen and oxygen atoms in total. The Kier molecular flexibility index (Phi) is 6.51. The number of fused-ring (bicyclic) bond motifs is 1. The number of halogens is 1. The Morgan fingerprint density at radius 2 is 1.87 bits per heavy atom. The van der Waals surface area contributed by atoms with E-state index in [-0.39, 0.29) is 5.91 Å². The minimum atomic E-state index is -0.514. The van der Waals surface area contributed by atoms with Crippen LogP contribution in [0.15, 0.2) is 60.7 Å². The van der Waals surface area contributed by atoms with E-state index in [9.17, 15) is 9.59 Å². The van der Waals surface area contributed by atoms with Crippen LogP contribution in [-0.2, 0) is 24.3 Å². The average Bonchev–Trinajstić information content (AvgIpc) is 3.11. The Bertz CT molecular complexity index is 1140. The molecule has 0 unspecified atom stereocenters. The van der Waals surface area contributed by atoms with Crippen molar-refractivity contribution in [3.63, 3.8) is 0 Å². The maximum atomic E-state index is 12.5. The molecule has 0 bridgehead atoms. The van der Waals surface area contributed by atoms with Gasteiger partial charge in [0.1, 0.15) is 5.00 Å². The summed E-state index contributed by atoms with van der Waals surface area (Å²) in [5.74, 6) is -0.846. The first-order valence-electron chi connectivity index (χ1n) is 9.95. The predicted molar refractivity (Wildman–Crippen MR) is 126 cm³/mol. The molecule has 0 saturated heterocycles. The third kappa shape index (κ3) is 5.05. The standard InChI is InChI=1S/C24H22ClN3O2S/c25-19-9-5-4-8-17(19)10-11-21(29)27-24-22(23(26)30)18-12-13-28(15-20(18)31-24)14-16-6-2-1-3-7-16/h1-11H,12-15H2,(H2,26,30)(H,27,29)/b11-10-. The number of nitrogens with zero attached hydrogens (tertiary/aromatic N) is 1. The summed E-state index contributed by atoms with van der Waals surface area (Å²) in [5, 5.41) is 3.91. The van der Waals surface area contributed by atoms with Crippen LogP contribution in [0.2, 0.25) is 5.02 Å². The molecule has 0 radical (unpaired) electrons. The van der Waals surface area contributed by atoms with Gasteiger partial charge in [0, 0.05) is 35.6 Å². The summed E-state index contributed by atoms with van der Waals surface area (Å²) in [6.45, 7) is 2.39. The first kappa shape index (κ1) is 21.3. The van der Waals surface area contributed by atoms with Crippen LogP contribution in [0.25, 0.3) is 6.08 Å². The lowest BCUT2D eigenvalue weighted by atomic mass is 10.0. The van der Waals surface area contributed by atoms with E-state index in [1.807, 2.05) is 36.4 Å². The molecule has 0 fully saturated rings. The highest BCUT2D eigenvalue weighted by Crippen LogP contribution is 2.37. The van der Waals surface area contributed by atoms with E-state index in [1.54, 1.807) is 12.1 Å². The van der Waals surface area contributed by atoms with Gasteiger partial charge >= 0.3 is 0 Å². The molecule has 0 saturated carbocycles. The van der Waals surface area contributed by atoms with Gasteiger partial charge in [-0.1, -0.05) is 60.1 Å². The second-order valence-corrected chi connectivity index (χ2v) is 8.87. The average molecular weight is 452 g/mol. The van der Waals surface area contributed by atoms with E-state index in [1.165, 1.54) is 23.0 Å². The van der Waals surface area contributed by atoms with Crippen molar-refractivity contribution in [2.24, 2.45) is 5.73 Å². The summed E-state index contributed by atoms with van der Waals surface area (Å²) in [6.07, 6.45) is 3.78. The molecule has 4 rings (SSSR count). The second kappa shape index (κ2) is 9.47. The summed E-state index contributed by atoms with van der Waals surface area (Å²) >= 11 is 7.55. The van der Waals surface area contributed by atoms with Gasteiger partial charge in [0.15, 0.2) is 0 Å². The summed E-state index contributed by atoms with van der Waals surface area (Å²) in [5.41, 5.74) is 9.04. The number of carbonyl (C=O) groups excluding carboxylic acids is 2. The summed E-state index contributed by atoms with van der Waals surface area (Å²) in [7, 11) is 0. The highest BCUT2D eigenvalue weighted by atomic mass is 35.5. The Morgan fingerprint density at radius 3 is 2.61 bits per heavy atom. The number of nitrogens with one attached hydrogen (secondary N) is 1. The maximum Gasteiger partial charge on any atom is 0.251 e. The minimum Gasteiger partial charge on any atom is -0.365 e. The molecule has 0 spiro atoms. The van der Waals surface area contributed by atoms with Crippen LogP contribution in [-0.4, -0.2) is 23.3 Å². The molecular weight excluding hydrogens is 430 g/mol. The molecule has 0 atom stereocenters. The third-order valence-electron chi connectivity index (χ3n) is 5.19. The number of primary amides is 1. The van der Waals surface area contributed by atoms with E-state index in [4.69, 9.17) is 17.3 Å². The van der Waals surface area contributed by atoms with Crippen LogP contribution in [0.5, 0.6) is 0 Å². The number of nitrogens with two attached hydrogens (primary N) is 1. The molecule has 1 aliphatic rings. The van der Waals surface area contributed by atoms with Crippen LogP contribution in [0.4, 0.5) is 5.00 Å². The Morgan fingerprint density at radius 1 is 1.13 bits per heavy atom. The fourth-order valence-corrected chi connectivity index (χ4v) is 5.21. The molecule has 2 aromatic carbocycles. The molecule has 3 N–H and O–H groups in total. The number of rotatable bonds is 6. The summed E-state index contributed by atoms with van der Waals surface area (Å²) in [6, 6.07) is 17.6.